The predicted molar refractivity (Wildman–Crippen MR) is 112 cm³/mol. The molecule has 1 N–H and O–H groups in total. The third-order valence-corrected chi connectivity index (χ3v) is 4.96. The number of rotatable bonds is 9. The number of hydrogen-bond acceptors (Lipinski definition) is 4. The van der Waals surface area contributed by atoms with E-state index in [9.17, 15) is 9.59 Å². The molecule has 0 spiro atoms. The van der Waals surface area contributed by atoms with E-state index in [1.54, 1.807) is 9.80 Å². The Balaban J connectivity index is 2.89. The van der Waals surface area contributed by atoms with Crippen LogP contribution in [0.3, 0.4) is 0 Å². The van der Waals surface area contributed by atoms with Crippen molar-refractivity contribution in [2.75, 3.05) is 26.2 Å². The number of carbonyl (C=O) groups is 2. The lowest BCUT2D eigenvalue weighted by Gasteiger charge is -2.40. The first-order valence-electron chi connectivity index (χ1n) is 10.7. The molecule has 3 amide bonds. The van der Waals surface area contributed by atoms with E-state index in [-0.39, 0.29) is 18.2 Å². The lowest BCUT2D eigenvalue weighted by molar-refractivity contribution is -0.0317. The second kappa shape index (κ2) is 11.5. The van der Waals surface area contributed by atoms with Gasteiger partial charge >= 0.3 is 12.1 Å². The van der Waals surface area contributed by atoms with Gasteiger partial charge in [-0.05, 0) is 61.3 Å². The van der Waals surface area contributed by atoms with Crippen molar-refractivity contribution in [2.24, 2.45) is 0 Å². The maximum absolute atomic E-state index is 13.1. The molecular formula is C21H41N3O4. The molecular weight excluding hydrogens is 358 g/mol. The highest BCUT2D eigenvalue weighted by molar-refractivity contribution is 5.75. The second-order valence-electron chi connectivity index (χ2n) is 8.80. The molecule has 0 aromatic rings. The molecule has 0 saturated heterocycles. The van der Waals surface area contributed by atoms with Gasteiger partial charge in [0, 0.05) is 24.7 Å². The SMILES string of the molecule is CCN(CC)C(=O)N(CC(COC1CCCC1)OC(=O)NC(C)C)C(C)(C)C. The smallest absolute Gasteiger partial charge is 0.407 e. The van der Waals surface area contributed by atoms with E-state index in [0.29, 0.717) is 26.2 Å². The summed E-state index contributed by atoms with van der Waals surface area (Å²) >= 11 is 0. The van der Waals surface area contributed by atoms with Crippen molar-refractivity contribution in [2.45, 2.75) is 97.9 Å². The third-order valence-electron chi connectivity index (χ3n) is 4.96. The Morgan fingerprint density at radius 1 is 1.11 bits per heavy atom. The molecule has 164 valence electrons. The molecule has 0 bridgehead atoms. The highest BCUT2D eigenvalue weighted by Crippen LogP contribution is 2.22. The van der Waals surface area contributed by atoms with Crippen LogP contribution in [0.25, 0.3) is 0 Å². The number of amides is 3. The van der Waals surface area contributed by atoms with Gasteiger partial charge in [-0.2, -0.15) is 0 Å². The normalized spacial score (nSPS) is 16.1. The fourth-order valence-corrected chi connectivity index (χ4v) is 3.35. The lowest BCUT2D eigenvalue weighted by Crippen LogP contribution is -2.55. The number of nitrogens with one attached hydrogen (secondary N) is 1. The third kappa shape index (κ3) is 8.25. The minimum Gasteiger partial charge on any atom is -0.442 e. The number of hydrogen-bond donors (Lipinski definition) is 1. The summed E-state index contributed by atoms with van der Waals surface area (Å²) in [5.74, 6) is 0. The average molecular weight is 400 g/mol. The van der Waals surface area contributed by atoms with Crippen LogP contribution in [0.1, 0.15) is 74.1 Å². The van der Waals surface area contributed by atoms with Gasteiger partial charge in [-0.1, -0.05) is 12.8 Å². The van der Waals surface area contributed by atoms with Gasteiger partial charge in [0.05, 0.1) is 19.3 Å². The van der Waals surface area contributed by atoms with Crippen molar-refractivity contribution in [1.29, 1.82) is 0 Å². The molecule has 1 aliphatic rings. The van der Waals surface area contributed by atoms with Crippen LogP contribution in [0.5, 0.6) is 0 Å². The van der Waals surface area contributed by atoms with Crippen LogP contribution in [0, 0.1) is 0 Å². The van der Waals surface area contributed by atoms with Crippen molar-refractivity contribution in [3.8, 4) is 0 Å². The number of ether oxygens (including phenoxy) is 2. The highest BCUT2D eigenvalue weighted by Gasteiger charge is 2.33. The van der Waals surface area contributed by atoms with Gasteiger partial charge < -0.3 is 24.6 Å². The first-order valence-corrected chi connectivity index (χ1v) is 10.7. The largest absolute Gasteiger partial charge is 0.442 e. The van der Waals surface area contributed by atoms with Gasteiger partial charge in [0.1, 0.15) is 6.10 Å². The Morgan fingerprint density at radius 2 is 1.68 bits per heavy atom. The Labute approximate surface area is 171 Å². The first-order chi connectivity index (χ1) is 13.1. The van der Waals surface area contributed by atoms with Gasteiger partial charge in [0.15, 0.2) is 0 Å². The predicted octanol–water partition coefficient (Wildman–Crippen LogP) is 4.01. The standard InChI is InChI=1S/C21H41N3O4/c1-8-23(9-2)20(26)24(21(5,6)7)14-18(28-19(25)22-16(3)4)15-27-17-12-10-11-13-17/h16-18H,8-15H2,1-7H3,(H,22,25). The minimum atomic E-state index is -0.516. The van der Waals surface area contributed by atoms with Crippen molar-refractivity contribution in [1.82, 2.24) is 15.1 Å². The molecule has 0 aliphatic heterocycles. The molecule has 1 unspecified atom stereocenters. The van der Waals surface area contributed by atoms with Gasteiger partial charge in [-0.15, -0.1) is 0 Å². The fraction of sp³-hybridized carbons (Fsp3) is 0.905. The van der Waals surface area contributed by atoms with E-state index in [4.69, 9.17) is 9.47 Å². The van der Waals surface area contributed by atoms with Crippen molar-refractivity contribution in [3.05, 3.63) is 0 Å². The Hall–Kier alpha value is -1.50. The molecule has 0 heterocycles. The zero-order valence-corrected chi connectivity index (χ0v) is 18.9. The second-order valence-corrected chi connectivity index (χ2v) is 8.80. The summed E-state index contributed by atoms with van der Waals surface area (Å²) in [6.45, 7) is 15.6. The van der Waals surface area contributed by atoms with Crippen LogP contribution in [0.2, 0.25) is 0 Å². The Morgan fingerprint density at radius 3 is 2.14 bits per heavy atom. The number of nitrogens with zero attached hydrogens (tertiary/aromatic N) is 2. The number of alkyl carbamates (subject to hydrolysis) is 1. The van der Waals surface area contributed by atoms with E-state index in [0.717, 1.165) is 12.8 Å². The maximum atomic E-state index is 13.1. The molecule has 1 aliphatic carbocycles. The molecule has 7 nitrogen and oxygen atoms in total. The minimum absolute atomic E-state index is 0.0140. The average Bonchev–Trinajstić information content (AvgIpc) is 3.09. The van der Waals surface area contributed by atoms with Gasteiger partial charge in [0.2, 0.25) is 0 Å². The molecule has 0 aromatic heterocycles. The molecule has 0 radical (unpaired) electrons. The molecule has 1 atom stereocenters. The molecule has 7 heteroatoms. The molecule has 0 aromatic carbocycles. The molecule has 1 rings (SSSR count). The maximum Gasteiger partial charge on any atom is 0.407 e. The van der Waals surface area contributed by atoms with Crippen LogP contribution in [0.4, 0.5) is 9.59 Å². The van der Waals surface area contributed by atoms with Crippen LogP contribution in [-0.2, 0) is 9.47 Å². The summed E-state index contributed by atoms with van der Waals surface area (Å²) in [4.78, 5) is 28.8. The van der Waals surface area contributed by atoms with Gasteiger partial charge in [-0.3, -0.25) is 0 Å². The quantitative estimate of drug-likeness (QED) is 0.636. The summed E-state index contributed by atoms with van der Waals surface area (Å²) < 4.78 is 11.7. The first kappa shape index (κ1) is 24.5. The summed E-state index contributed by atoms with van der Waals surface area (Å²) in [7, 11) is 0. The van der Waals surface area contributed by atoms with Crippen molar-refractivity contribution >= 4 is 12.1 Å². The summed E-state index contributed by atoms with van der Waals surface area (Å²) in [6, 6.07) is -0.0591. The summed E-state index contributed by atoms with van der Waals surface area (Å²) in [6.07, 6.45) is 3.69. The number of urea groups is 1. The topological polar surface area (TPSA) is 71.1 Å². The highest BCUT2D eigenvalue weighted by atomic mass is 16.6. The Kier molecular flexibility index (Phi) is 10.1. The van der Waals surface area contributed by atoms with E-state index in [1.807, 2.05) is 48.5 Å². The number of carbonyl (C=O) groups excluding carboxylic acids is 2. The zero-order valence-electron chi connectivity index (χ0n) is 18.9. The monoisotopic (exact) mass is 399 g/mol. The van der Waals surface area contributed by atoms with Crippen LogP contribution >= 0.6 is 0 Å². The van der Waals surface area contributed by atoms with E-state index < -0.39 is 17.7 Å². The van der Waals surface area contributed by atoms with Gasteiger partial charge in [0.25, 0.3) is 0 Å². The van der Waals surface area contributed by atoms with E-state index in [2.05, 4.69) is 5.32 Å². The fourth-order valence-electron chi connectivity index (χ4n) is 3.35. The Bertz CT molecular complexity index is 481. The van der Waals surface area contributed by atoms with Crippen molar-refractivity contribution in [3.63, 3.8) is 0 Å². The van der Waals surface area contributed by atoms with Crippen LogP contribution in [0.15, 0.2) is 0 Å². The van der Waals surface area contributed by atoms with Crippen LogP contribution < -0.4 is 5.32 Å². The van der Waals surface area contributed by atoms with Crippen LogP contribution in [-0.4, -0.2) is 72.0 Å². The molecule has 28 heavy (non-hydrogen) atoms. The van der Waals surface area contributed by atoms with Gasteiger partial charge in [-0.25, -0.2) is 9.59 Å². The van der Waals surface area contributed by atoms with E-state index >= 15 is 0 Å². The molecule has 1 saturated carbocycles. The zero-order chi connectivity index (χ0) is 21.3. The van der Waals surface area contributed by atoms with Crippen molar-refractivity contribution < 1.29 is 19.1 Å². The molecule has 1 fully saturated rings. The summed E-state index contributed by atoms with van der Waals surface area (Å²) in [5, 5.41) is 2.76. The summed E-state index contributed by atoms with van der Waals surface area (Å²) in [5.41, 5.74) is -0.400. The lowest BCUT2D eigenvalue weighted by atomic mass is 10.1. The van der Waals surface area contributed by atoms with E-state index in [1.165, 1.54) is 12.8 Å².